The molecule has 18 heavy (non-hydrogen) atoms. The predicted octanol–water partition coefficient (Wildman–Crippen LogP) is 1.94. The summed E-state index contributed by atoms with van der Waals surface area (Å²) in [6.45, 7) is 0.429. The first-order valence-electron chi connectivity index (χ1n) is 5.33. The van der Waals surface area contributed by atoms with Crippen LogP contribution in [0.3, 0.4) is 0 Å². The molecule has 0 atom stereocenters. The fourth-order valence-electron chi connectivity index (χ4n) is 1.62. The SMILES string of the molecule is Clc1nccnc1NCn1nnc2ccccc21. The number of benzene rings is 1. The number of nitrogens with one attached hydrogen (secondary N) is 1. The highest BCUT2D eigenvalue weighted by Crippen LogP contribution is 2.15. The first kappa shape index (κ1) is 10.9. The molecule has 1 N–H and O–H groups in total. The molecule has 3 aromatic rings. The molecule has 0 saturated heterocycles. The number of para-hydroxylation sites is 1. The Morgan fingerprint density at radius 3 is 2.89 bits per heavy atom. The van der Waals surface area contributed by atoms with Crippen LogP contribution in [0.2, 0.25) is 5.15 Å². The first-order chi connectivity index (χ1) is 8.84. The summed E-state index contributed by atoms with van der Waals surface area (Å²) in [5, 5.41) is 11.5. The van der Waals surface area contributed by atoms with Crippen LogP contribution in [0, 0.1) is 0 Å². The smallest absolute Gasteiger partial charge is 0.171 e. The van der Waals surface area contributed by atoms with Gasteiger partial charge in [0.25, 0.3) is 0 Å². The van der Waals surface area contributed by atoms with E-state index in [9.17, 15) is 0 Å². The lowest BCUT2D eigenvalue weighted by Gasteiger charge is -2.06. The lowest BCUT2D eigenvalue weighted by atomic mass is 10.3. The molecule has 1 aromatic carbocycles. The Hall–Kier alpha value is -2.21. The summed E-state index contributed by atoms with van der Waals surface area (Å²) in [6.07, 6.45) is 3.12. The second-order valence-electron chi connectivity index (χ2n) is 3.61. The van der Waals surface area contributed by atoms with Crippen molar-refractivity contribution in [2.24, 2.45) is 0 Å². The van der Waals surface area contributed by atoms with Gasteiger partial charge in [0, 0.05) is 12.4 Å². The fraction of sp³-hybridized carbons (Fsp3) is 0.0909. The maximum atomic E-state index is 5.90. The van der Waals surface area contributed by atoms with Crippen LogP contribution in [0.1, 0.15) is 0 Å². The summed E-state index contributed by atoms with van der Waals surface area (Å²) >= 11 is 5.90. The second kappa shape index (κ2) is 4.58. The minimum absolute atomic E-state index is 0.335. The molecule has 6 nitrogen and oxygen atoms in total. The van der Waals surface area contributed by atoms with Crippen molar-refractivity contribution in [3.05, 3.63) is 41.8 Å². The van der Waals surface area contributed by atoms with Crippen LogP contribution in [0.4, 0.5) is 5.82 Å². The molecule has 0 amide bonds. The molecule has 2 heterocycles. The molecule has 3 rings (SSSR count). The predicted molar refractivity (Wildman–Crippen MR) is 68.2 cm³/mol. The zero-order valence-electron chi connectivity index (χ0n) is 9.29. The maximum absolute atomic E-state index is 5.90. The van der Waals surface area contributed by atoms with Crippen LogP contribution in [0.15, 0.2) is 36.7 Å². The summed E-state index contributed by atoms with van der Waals surface area (Å²) in [5.74, 6) is 0.527. The minimum atomic E-state index is 0.335. The molecule has 0 saturated carbocycles. The van der Waals surface area contributed by atoms with Crippen molar-refractivity contribution in [2.45, 2.75) is 6.67 Å². The Labute approximate surface area is 108 Å². The normalized spacial score (nSPS) is 10.7. The second-order valence-corrected chi connectivity index (χ2v) is 3.97. The number of hydrogen-bond acceptors (Lipinski definition) is 5. The van der Waals surface area contributed by atoms with Crippen molar-refractivity contribution in [2.75, 3.05) is 5.32 Å². The van der Waals surface area contributed by atoms with Gasteiger partial charge >= 0.3 is 0 Å². The van der Waals surface area contributed by atoms with Gasteiger partial charge in [-0.25, -0.2) is 14.6 Å². The fourth-order valence-corrected chi connectivity index (χ4v) is 1.80. The summed E-state index contributed by atoms with van der Waals surface area (Å²) in [6, 6.07) is 7.73. The van der Waals surface area contributed by atoms with E-state index in [1.54, 1.807) is 17.1 Å². The van der Waals surface area contributed by atoms with Gasteiger partial charge in [0.05, 0.1) is 5.52 Å². The van der Waals surface area contributed by atoms with Crippen molar-refractivity contribution >= 4 is 28.5 Å². The van der Waals surface area contributed by atoms with Crippen LogP contribution in [0.5, 0.6) is 0 Å². The van der Waals surface area contributed by atoms with Gasteiger partial charge in [0.15, 0.2) is 11.0 Å². The van der Waals surface area contributed by atoms with E-state index >= 15 is 0 Å². The standard InChI is InChI=1S/C11H9ClN6/c12-10-11(14-6-5-13-10)15-7-18-9-4-2-1-3-8(9)16-17-18/h1-6H,7H2,(H,14,15). The number of aromatic nitrogens is 5. The third-order valence-corrected chi connectivity index (χ3v) is 2.75. The Balaban J connectivity index is 1.83. The summed E-state index contributed by atoms with van der Waals surface area (Å²) < 4.78 is 1.74. The van der Waals surface area contributed by atoms with E-state index in [0.717, 1.165) is 11.0 Å². The van der Waals surface area contributed by atoms with Gasteiger partial charge in [-0.3, -0.25) is 0 Å². The van der Waals surface area contributed by atoms with Gasteiger partial charge < -0.3 is 5.32 Å². The van der Waals surface area contributed by atoms with Crippen molar-refractivity contribution in [1.29, 1.82) is 0 Å². The van der Waals surface area contributed by atoms with E-state index in [1.165, 1.54) is 0 Å². The highest BCUT2D eigenvalue weighted by molar-refractivity contribution is 6.31. The maximum Gasteiger partial charge on any atom is 0.171 e. The molecule has 0 fully saturated rings. The van der Waals surface area contributed by atoms with Gasteiger partial charge in [0.1, 0.15) is 12.2 Å². The van der Waals surface area contributed by atoms with Crippen LogP contribution in [-0.2, 0) is 6.67 Å². The van der Waals surface area contributed by atoms with E-state index in [-0.39, 0.29) is 0 Å². The van der Waals surface area contributed by atoms with Crippen LogP contribution < -0.4 is 5.32 Å². The molecule has 0 bridgehead atoms. The molecule has 0 aliphatic heterocycles. The number of anilines is 1. The average Bonchev–Trinajstić information content (AvgIpc) is 2.81. The van der Waals surface area contributed by atoms with Gasteiger partial charge in [-0.2, -0.15) is 0 Å². The van der Waals surface area contributed by atoms with E-state index in [1.807, 2.05) is 24.3 Å². The average molecular weight is 261 g/mol. The van der Waals surface area contributed by atoms with Crippen molar-refractivity contribution in [3.63, 3.8) is 0 Å². The van der Waals surface area contributed by atoms with Gasteiger partial charge in [-0.05, 0) is 12.1 Å². The van der Waals surface area contributed by atoms with Crippen molar-refractivity contribution in [3.8, 4) is 0 Å². The lowest BCUT2D eigenvalue weighted by molar-refractivity contribution is 0.653. The van der Waals surface area contributed by atoms with Crippen LogP contribution in [-0.4, -0.2) is 25.0 Å². The van der Waals surface area contributed by atoms with Crippen molar-refractivity contribution in [1.82, 2.24) is 25.0 Å². The van der Waals surface area contributed by atoms with Crippen molar-refractivity contribution < 1.29 is 0 Å². The molecule has 90 valence electrons. The lowest BCUT2D eigenvalue weighted by Crippen LogP contribution is -2.11. The summed E-state index contributed by atoms with van der Waals surface area (Å²) in [5.41, 5.74) is 1.80. The van der Waals surface area contributed by atoms with Crippen LogP contribution in [0.25, 0.3) is 11.0 Å². The molecule has 0 unspecified atom stereocenters. The number of nitrogens with zero attached hydrogens (tertiary/aromatic N) is 5. The molecule has 7 heteroatoms. The summed E-state index contributed by atoms with van der Waals surface area (Å²) in [4.78, 5) is 8.03. The third-order valence-electron chi connectivity index (χ3n) is 2.47. The number of halogens is 1. The molecule has 2 aromatic heterocycles. The molecule has 0 aliphatic rings. The molecular weight excluding hydrogens is 252 g/mol. The van der Waals surface area contributed by atoms with E-state index in [0.29, 0.717) is 17.6 Å². The van der Waals surface area contributed by atoms with Gasteiger partial charge in [-0.15, -0.1) is 5.10 Å². The summed E-state index contributed by atoms with van der Waals surface area (Å²) in [7, 11) is 0. The molecule has 0 radical (unpaired) electrons. The van der Waals surface area contributed by atoms with E-state index < -0.39 is 0 Å². The highest BCUT2D eigenvalue weighted by atomic mass is 35.5. The minimum Gasteiger partial charge on any atom is -0.348 e. The van der Waals surface area contributed by atoms with Crippen LogP contribution >= 0.6 is 11.6 Å². The zero-order chi connectivity index (χ0) is 12.4. The Bertz CT molecular complexity index is 680. The quantitative estimate of drug-likeness (QED) is 0.779. The van der Waals surface area contributed by atoms with E-state index in [4.69, 9.17) is 11.6 Å². The molecule has 0 aliphatic carbocycles. The number of fused-ring (bicyclic) bond motifs is 1. The Morgan fingerprint density at radius 2 is 2.00 bits per heavy atom. The molecule has 0 spiro atoms. The monoisotopic (exact) mass is 260 g/mol. The first-order valence-corrected chi connectivity index (χ1v) is 5.71. The largest absolute Gasteiger partial charge is 0.348 e. The number of rotatable bonds is 3. The van der Waals surface area contributed by atoms with Gasteiger partial charge in [-0.1, -0.05) is 28.9 Å². The highest BCUT2D eigenvalue weighted by Gasteiger charge is 2.05. The zero-order valence-corrected chi connectivity index (χ0v) is 10.0. The van der Waals surface area contributed by atoms with E-state index in [2.05, 4.69) is 25.6 Å². The number of hydrogen-bond donors (Lipinski definition) is 1. The topological polar surface area (TPSA) is 68.5 Å². The van der Waals surface area contributed by atoms with Gasteiger partial charge in [0.2, 0.25) is 0 Å². The Kier molecular flexibility index (Phi) is 2.77. The third kappa shape index (κ3) is 1.98. The molecular formula is C11H9ClN6. The Morgan fingerprint density at radius 1 is 1.17 bits per heavy atom.